The zero-order chi connectivity index (χ0) is 11.7. The lowest BCUT2D eigenvalue weighted by atomic mass is 10.1. The molecule has 17 heavy (non-hydrogen) atoms. The number of nitrogens with one attached hydrogen (secondary N) is 1. The number of aromatic nitrogens is 1. The molecule has 0 bridgehead atoms. The van der Waals surface area contributed by atoms with E-state index in [1.165, 1.54) is 0 Å². The second-order valence-corrected chi connectivity index (χ2v) is 5.41. The van der Waals surface area contributed by atoms with Crippen LogP contribution in [0, 0.1) is 0 Å². The van der Waals surface area contributed by atoms with Gasteiger partial charge in [0.1, 0.15) is 0 Å². The Bertz CT molecular complexity index is 543. The van der Waals surface area contributed by atoms with Crippen molar-refractivity contribution in [3.05, 3.63) is 36.0 Å². The lowest BCUT2D eigenvalue weighted by Gasteiger charge is -2.26. The van der Waals surface area contributed by atoms with Gasteiger partial charge in [0.2, 0.25) is 0 Å². The first-order chi connectivity index (χ1) is 8.34. The van der Waals surface area contributed by atoms with Crippen molar-refractivity contribution >= 4 is 28.6 Å². The molecule has 2 aromatic rings. The van der Waals surface area contributed by atoms with Crippen LogP contribution in [0.15, 0.2) is 30.5 Å². The van der Waals surface area contributed by atoms with Gasteiger partial charge in [-0.15, -0.1) is 0 Å². The highest BCUT2D eigenvalue weighted by Crippen LogP contribution is 2.17. The van der Waals surface area contributed by atoms with E-state index in [1.54, 1.807) is 0 Å². The fourth-order valence-corrected chi connectivity index (χ4v) is 3.04. The Balaban J connectivity index is 1.88. The molecule has 1 amide bonds. The number of H-pyrrole nitrogens is 1. The lowest BCUT2D eigenvalue weighted by Crippen LogP contribution is -2.37. The Morgan fingerprint density at radius 3 is 2.88 bits per heavy atom. The van der Waals surface area contributed by atoms with Crippen LogP contribution in [0.25, 0.3) is 10.9 Å². The molecule has 0 aliphatic carbocycles. The Morgan fingerprint density at radius 2 is 2.06 bits per heavy atom. The average molecular weight is 246 g/mol. The molecule has 1 aliphatic rings. The van der Waals surface area contributed by atoms with Crippen LogP contribution >= 0.6 is 11.8 Å². The van der Waals surface area contributed by atoms with Crippen molar-refractivity contribution in [2.24, 2.45) is 0 Å². The second kappa shape index (κ2) is 4.45. The number of fused-ring (bicyclic) bond motifs is 1. The molecular weight excluding hydrogens is 232 g/mol. The van der Waals surface area contributed by atoms with Crippen LogP contribution in [0.4, 0.5) is 0 Å². The van der Waals surface area contributed by atoms with Crippen LogP contribution in [-0.2, 0) is 0 Å². The minimum Gasteiger partial charge on any atom is -0.361 e. The maximum absolute atomic E-state index is 12.3. The van der Waals surface area contributed by atoms with Crippen molar-refractivity contribution in [3.63, 3.8) is 0 Å². The molecule has 0 unspecified atom stereocenters. The van der Waals surface area contributed by atoms with E-state index in [1.807, 2.05) is 47.1 Å². The summed E-state index contributed by atoms with van der Waals surface area (Å²) >= 11 is 1.92. The highest BCUT2D eigenvalue weighted by atomic mass is 32.2. The van der Waals surface area contributed by atoms with Gasteiger partial charge in [0.05, 0.1) is 0 Å². The Kier molecular flexibility index (Phi) is 2.81. The molecule has 4 heteroatoms. The van der Waals surface area contributed by atoms with Gasteiger partial charge >= 0.3 is 0 Å². The van der Waals surface area contributed by atoms with E-state index in [9.17, 15) is 4.79 Å². The number of thioether (sulfide) groups is 1. The maximum Gasteiger partial charge on any atom is 0.253 e. The number of rotatable bonds is 1. The second-order valence-electron chi connectivity index (χ2n) is 4.18. The van der Waals surface area contributed by atoms with Gasteiger partial charge in [-0.1, -0.05) is 0 Å². The first kappa shape index (κ1) is 10.7. The largest absolute Gasteiger partial charge is 0.361 e. The highest BCUT2D eigenvalue weighted by molar-refractivity contribution is 7.99. The van der Waals surface area contributed by atoms with E-state index in [4.69, 9.17) is 0 Å². The molecule has 2 heterocycles. The van der Waals surface area contributed by atoms with E-state index >= 15 is 0 Å². The predicted molar refractivity (Wildman–Crippen MR) is 71.5 cm³/mol. The van der Waals surface area contributed by atoms with Crippen LogP contribution in [0.5, 0.6) is 0 Å². The number of nitrogens with zero attached hydrogens (tertiary/aromatic N) is 1. The Morgan fingerprint density at radius 1 is 1.24 bits per heavy atom. The molecule has 1 aromatic carbocycles. The number of carbonyl (C=O) groups excluding carboxylic acids is 1. The molecule has 1 saturated heterocycles. The molecule has 1 N–H and O–H groups in total. The zero-order valence-corrected chi connectivity index (χ0v) is 10.3. The van der Waals surface area contributed by atoms with Gasteiger partial charge in [0.25, 0.3) is 5.91 Å². The summed E-state index contributed by atoms with van der Waals surface area (Å²) in [4.78, 5) is 17.4. The third-order valence-electron chi connectivity index (χ3n) is 3.10. The number of hydrogen-bond acceptors (Lipinski definition) is 2. The molecule has 0 atom stereocenters. The number of hydrogen-bond donors (Lipinski definition) is 1. The first-order valence-electron chi connectivity index (χ1n) is 5.79. The summed E-state index contributed by atoms with van der Waals surface area (Å²) in [5.41, 5.74) is 1.87. The standard InChI is InChI=1S/C13H14N2OS/c16-13(15-5-7-17-8-6-15)11-1-2-12-10(9-11)3-4-14-12/h1-4,9,14H,5-8H2. The number of amides is 1. The predicted octanol–water partition coefficient (Wildman–Crippen LogP) is 2.36. The minimum absolute atomic E-state index is 0.161. The van der Waals surface area contributed by atoms with Gasteiger partial charge in [0.15, 0.2) is 0 Å². The molecule has 0 radical (unpaired) electrons. The number of carbonyl (C=O) groups is 1. The van der Waals surface area contributed by atoms with Gasteiger partial charge in [-0.05, 0) is 24.3 Å². The third kappa shape index (κ3) is 2.05. The van der Waals surface area contributed by atoms with Gasteiger partial charge < -0.3 is 9.88 Å². The molecule has 0 spiro atoms. The molecule has 1 aromatic heterocycles. The molecular formula is C13H14N2OS. The molecule has 0 saturated carbocycles. The lowest BCUT2D eigenvalue weighted by molar-refractivity contribution is 0.0772. The minimum atomic E-state index is 0.161. The zero-order valence-electron chi connectivity index (χ0n) is 9.48. The van der Waals surface area contributed by atoms with E-state index < -0.39 is 0 Å². The van der Waals surface area contributed by atoms with Crippen LogP contribution in [0.2, 0.25) is 0 Å². The molecule has 88 valence electrons. The normalized spacial score (nSPS) is 16.4. The number of benzene rings is 1. The summed E-state index contributed by atoms with van der Waals surface area (Å²) in [6.07, 6.45) is 1.90. The van der Waals surface area contributed by atoms with E-state index in [2.05, 4.69) is 4.98 Å². The summed E-state index contributed by atoms with van der Waals surface area (Å²) in [7, 11) is 0. The van der Waals surface area contributed by atoms with Gasteiger partial charge in [0, 0.05) is 47.3 Å². The monoisotopic (exact) mass is 246 g/mol. The fourth-order valence-electron chi connectivity index (χ4n) is 2.14. The Labute approximate surface area is 104 Å². The summed E-state index contributed by atoms with van der Waals surface area (Å²) < 4.78 is 0. The number of aromatic amines is 1. The van der Waals surface area contributed by atoms with Crippen molar-refractivity contribution in [2.75, 3.05) is 24.6 Å². The molecule has 1 aliphatic heterocycles. The van der Waals surface area contributed by atoms with Crippen molar-refractivity contribution < 1.29 is 4.79 Å². The van der Waals surface area contributed by atoms with Crippen molar-refractivity contribution in [1.29, 1.82) is 0 Å². The van der Waals surface area contributed by atoms with Crippen LogP contribution < -0.4 is 0 Å². The topological polar surface area (TPSA) is 36.1 Å². The molecule has 3 nitrogen and oxygen atoms in total. The van der Waals surface area contributed by atoms with Crippen LogP contribution in [0.3, 0.4) is 0 Å². The van der Waals surface area contributed by atoms with Gasteiger partial charge in [-0.25, -0.2) is 0 Å². The average Bonchev–Trinajstić information content (AvgIpc) is 2.86. The SMILES string of the molecule is O=C(c1ccc2[nH]ccc2c1)N1CCSCC1. The first-order valence-corrected chi connectivity index (χ1v) is 6.94. The van der Waals surface area contributed by atoms with E-state index in [0.29, 0.717) is 0 Å². The summed E-state index contributed by atoms with van der Waals surface area (Å²) in [5.74, 6) is 2.27. The Hall–Kier alpha value is -1.42. The summed E-state index contributed by atoms with van der Waals surface area (Å²) in [5, 5.41) is 1.10. The van der Waals surface area contributed by atoms with E-state index in [-0.39, 0.29) is 5.91 Å². The van der Waals surface area contributed by atoms with E-state index in [0.717, 1.165) is 41.1 Å². The van der Waals surface area contributed by atoms with Gasteiger partial charge in [-0.2, -0.15) is 11.8 Å². The summed E-state index contributed by atoms with van der Waals surface area (Å²) in [6.45, 7) is 1.74. The van der Waals surface area contributed by atoms with Crippen LogP contribution in [0.1, 0.15) is 10.4 Å². The van der Waals surface area contributed by atoms with Crippen LogP contribution in [-0.4, -0.2) is 40.4 Å². The van der Waals surface area contributed by atoms with Crippen molar-refractivity contribution in [1.82, 2.24) is 9.88 Å². The maximum atomic E-state index is 12.3. The third-order valence-corrected chi connectivity index (χ3v) is 4.04. The molecule has 1 fully saturated rings. The smallest absolute Gasteiger partial charge is 0.253 e. The van der Waals surface area contributed by atoms with Crippen molar-refractivity contribution in [3.8, 4) is 0 Å². The quantitative estimate of drug-likeness (QED) is 0.838. The fraction of sp³-hybridized carbons (Fsp3) is 0.308. The molecule has 3 rings (SSSR count). The van der Waals surface area contributed by atoms with Crippen molar-refractivity contribution in [2.45, 2.75) is 0 Å². The highest BCUT2D eigenvalue weighted by Gasteiger charge is 2.18. The van der Waals surface area contributed by atoms with Gasteiger partial charge in [-0.3, -0.25) is 4.79 Å². The summed E-state index contributed by atoms with van der Waals surface area (Å²) in [6, 6.07) is 7.85.